The second kappa shape index (κ2) is 5.20. The second-order valence-corrected chi connectivity index (χ2v) is 6.35. The molecule has 0 radical (unpaired) electrons. The normalized spacial score (nSPS) is 26.6. The topological polar surface area (TPSA) is 49.4 Å². The lowest BCUT2D eigenvalue weighted by Crippen LogP contribution is -2.64. The van der Waals surface area contributed by atoms with E-state index in [9.17, 15) is 9.59 Å². The van der Waals surface area contributed by atoms with E-state index in [0.29, 0.717) is 12.3 Å². The number of nitrogens with one attached hydrogen (secondary N) is 1. The van der Waals surface area contributed by atoms with Gasteiger partial charge in [-0.2, -0.15) is 0 Å². The van der Waals surface area contributed by atoms with Crippen molar-refractivity contribution in [3.63, 3.8) is 0 Å². The fourth-order valence-corrected chi connectivity index (χ4v) is 3.17. The Morgan fingerprint density at radius 2 is 2.10 bits per heavy atom. The molecule has 0 aromatic heterocycles. The van der Waals surface area contributed by atoms with Crippen LogP contribution in [0.4, 0.5) is 5.69 Å². The van der Waals surface area contributed by atoms with Crippen molar-refractivity contribution < 1.29 is 9.59 Å². The van der Waals surface area contributed by atoms with Crippen LogP contribution < -0.4 is 10.2 Å². The second-order valence-electron chi connectivity index (χ2n) is 5.44. The molecule has 1 saturated carbocycles. The molecule has 4 nitrogen and oxygen atoms in total. The monoisotopic (exact) mass is 336 g/mol. The zero-order valence-electron chi connectivity index (χ0n) is 11.3. The molecular weight excluding hydrogens is 320 g/mol. The van der Waals surface area contributed by atoms with Gasteiger partial charge >= 0.3 is 0 Å². The van der Waals surface area contributed by atoms with E-state index in [-0.39, 0.29) is 17.9 Å². The molecule has 1 aliphatic heterocycles. The Kier molecular flexibility index (Phi) is 3.54. The number of carbonyl (C=O) groups is 2. The van der Waals surface area contributed by atoms with E-state index < -0.39 is 6.04 Å². The molecule has 2 unspecified atom stereocenters. The third-order valence-corrected chi connectivity index (χ3v) is 4.48. The van der Waals surface area contributed by atoms with E-state index in [2.05, 4.69) is 21.2 Å². The predicted molar refractivity (Wildman–Crippen MR) is 80.4 cm³/mol. The molecule has 0 spiro atoms. The number of anilines is 1. The van der Waals surface area contributed by atoms with Gasteiger partial charge in [-0.15, -0.1) is 0 Å². The summed E-state index contributed by atoms with van der Waals surface area (Å²) in [5, 5.41) is 2.90. The maximum Gasteiger partial charge on any atom is 0.250 e. The standard InChI is InChI=1S/C15H17BrN2O2/c1-2-12-14(19)17-13(9-6-7-9)15(20)18(12)11-5-3-4-10(16)8-11/h3-5,8-9,12-13H,2,6-7H2,1H3,(H,17,19). The lowest BCUT2D eigenvalue weighted by molar-refractivity contribution is -0.134. The van der Waals surface area contributed by atoms with Crippen LogP contribution in [0.25, 0.3) is 0 Å². The molecule has 1 aliphatic carbocycles. The van der Waals surface area contributed by atoms with E-state index in [0.717, 1.165) is 23.0 Å². The van der Waals surface area contributed by atoms with Crippen molar-refractivity contribution in [1.29, 1.82) is 0 Å². The third kappa shape index (κ3) is 2.35. The first-order chi connectivity index (χ1) is 9.61. The Hall–Kier alpha value is -1.36. The van der Waals surface area contributed by atoms with Gasteiger partial charge in [0.25, 0.3) is 5.91 Å². The highest BCUT2D eigenvalue weighted by Gasteiger charge is 2.46. The smallest absolute Gasteiger partial charge is 0.250 e. The molecule has 1 N–H and O–H groups in total. The molecule has 2 atom stereocenters. The Bertz CT molecular complexity index is 557. The number of halogens is 1. The van der Waals surface area contributed by atoms with Crippen LogP contribution in [0.3, 0.4) is 0 Å². The number of piperazine rings is 1. The highest BCUT2D eigenvalue weighted by molar-refractivity contribution is 9.10. The number of carbonyl (C=O) groups excluding carboxylic acids is 2. The van der Waals surface area contributed by atoms with Gasteiger partial charge < -0.3 is 5.32 Å². The fraction of sp³-hybridized carbons (Fsp3) is 0.467. The molecular formula is C15H17BrN2O2. The largest absolute Gasteiger partial charge is 0.342 e. The van der Waals surface area contributed by atoms with Crippen molar-refractivity contribution >= 4 is 33.4 Å². The average Bonchev–Trinajstić information content (AvgIpc) is 3.24. The van der Waals surface area contributed by atoms with Crippen LogP contribution in [0.2, 0.25) is 0 Å². The summed E-state index contributed by atoms with van der Waals surface area (Å²) in [5.74, 6) is 0.305. The number of nitrogens with zero attached hydrogens (tertiary/aromatic N) is 1. The minimum Gasteiger partial charge on any atom is -0.342 e. The summed E-state index contributed by atoms with van der Waals surface area (Å²) in [6.07, 6.45) is 2.67. The van der Waals surface area contributed by atoms with Crippen LogP contribution in [-0.4, -0.2) is 23.9 Å². The van der Waals surface area contributed by atoms with Crippen LogP contribution in [0, 0.1) is 5.92 Å². The molecule has 1 heterocycles. The molecule has 2 aliphatic rings. The molecule has 2 amide bonds. The first-order valence-electron chi connectivity index (χ1n) is 7.01. The summed E-state index contributed by atoms with van der Waals surface area (Å²) in [6.45, 7) is 1.93. The molecule has 3 rings (SSSR count). The van der Waals surface area contributed by atoms with Gasteiger partial charge in [-0.05, 0) is 43.4 Å². The van der Waals surface area contributed by atoms with E-state index >= 15 is 0 Å². The van der Waals surface area contributed by atoms with Crippen LogP contribution in [0.1, 0.15) is 26.2 Å². The maximum absolute atomic E-state index is 12.7. The van der Waals surface area contributed by atoms with Crippen LogP contribution >= 0.6 is 15.9 Å². The van der Waals surface area contributed by atoms with Crippen molar-refractivity contribution in [2.24, 2.45) is 5.92 Å². The molecule has 1 saturated heterocycles. The number of rotatable bonds is 3. The summed E-state index contributed by atoms with van der Waals surface area (Å²) in [4.78, 5) is 26.7. The Balaban J connectivity index is 1.98. The molecule has 20 heavy (non-hydrogen) atoms. The minimum atomic E-state index is -0.410. The Labute approximate surface area is 126 Å². The van der Waals surface area contributed by atoms with Crippen molar-refractivity contribution in [1.82, 2.24) is 5.32 Å². The minimum absolute atomic E-state index is 0.0250. The van der Waals surface area contributed by atoms with Gasteiger partial charge in [0.15, 0.2) is 0 Å². The zero-order valence-corrected chi connectivity index (χ0v) is 12.9. The highest BCUT2D eigenvalue weighted by Crippen LogP contribution is 2.36. The summed E-state index contributed by atoms with van der Waals surface area (Å²) in [7, 11) is 0. The Morgan fingerprint density at radius 3 is 2.70 bits per heavy atom. The number of benzene rings is 1. The third-order valence-electron chi connectivity index (χ3n) is 3.98. The summed E-state index contributed by atoms with van der Waals surface area (Å²) in [5.41, 5.74) is 0.789. The van der Waals surface area contributed by atoms with Crippen LogP contribution in [-0.2, 0) is 9.59 Å². The molecule has 1 aromatic carbocycles. The zero-order chi connectivity index (χ0) is 14.3. The maximum atomic E-state index is 12.7. The molecule has 2 fully saturated rings. The van der Waals surface area contributed by atoms with Gasteiger partial charge in [0.1, 0.15) is 12.1 Å². The lowest BCUT2D eigenvalue weighted by atomic mass is 10.0. The fourth-order valence-electron chi connectivity index (χ4n) is 2.78. The summed E-state index contributed by atoms with van der Waals surface area (Å²) in [6, 6.07) is 6.82. The molecule has 1 aromatic rings. The first-order valence-corrected chi connectivity index (χ1v) is 7.80. The molecule has 0 bridgehead atoms. The number of amides is 2. The first kappa shape index (κ1) is 13.6. The molecule has 5 heteroatoms. The van der Waals surface area contributed by atoms with Crippen LogP contribution in [0.5, 0.6) is 0 Å². The van der Waals surface area contributed by atoms with Crippen molar-refractivity contribution in [3.05, 3.63) is 28.7 Å². The van der Waals surface area contributed by atoms with Gasteiger partial charge in [0, 0.05) is 10.2 Å². The average molecular weight is 337 g/mol. The number of hydrogen-bond donors (Lipinski definition) is 1. The quantitative estimate of drug-likeness (QED) is 0.921. The number of hydrogen-bond acceptors (Lipinski definition) is 2. The van der Waals surface area contributed by atoms with E-state index in [1.807, 2.05) is 31.2 Å². The van der Waals surface area contributed by atoms with Gasteiger partial charge in [-0.3, -0.25) is 14.5 Å². The summed E-state index contributed by atoms with van der Waals surface area (Å²) < 4.78 is 0.909. The van der Waals surface area contributed by atoms with Crippen molar-refractivity contribution in [3.8, 4) is 0 Å². The Morgan fingerprint density at radius 1 is 1.35 bits per heavy atom. The highest BCUT2D eigenvalue weighted by atomic mass is 79.9. The van der Waals surface area contributed by atoms with Crippen molar-refractivity contribution in [2.75, 3.05) is 4.90 Å². The lowest BCUT2D eigenvalue weighted by Gasteiger charge is -2.38. The SMILES string of the molecule is CCC1C(=O)NC(C2CC2)C(=O)N1c1cccc(Br)c1. The van der Waals surface area contributed by atoms with E-state index in [1.165, 1.54) is 0 Å². The van der Waals surface area contributed by atoms with Gasteiger partial charge in [0.2, 0.25) is 5.91 Å². The molecule has 106 valence electrons. The van der Waals surface area contributed by atoms with Gasteiger partial charge in [-0.1, -0.05) is 28.9 Å². The van der Waals surface area contributed by atoms with Gasteiger partial charge in [-0.25, -0.2) is 0 Å². The van der Waals surface area contributed by atoms with E-state index in [1.54, 1.807) is 4.90 Å². The van der Waals surface area contributed by atoms with Crippen molar-refractivity contribution in [2.45, 2.75) is 38.3 Å². The van der Waals surface area contributed by atoms with Crippen LogP contribution in [0.15, 0.2) is 28.7 Å². The summed E-state index contributed by atoms with van der Waals surface area (Å²) >= 11 is 3.42. The van der Waals surface area contributed by atoms with E-state index in [4.69, 9.17) is 0 Å². The predicted octanol–water partition coefficient (Wildman–Crippen LogP) is 2.47. The van der Waals surface area contributed by atoms with Gasteiger partial charge in [0.05, 0.1) is 0 Å².